The van der Waals surface area contributed by atoms with Gasteiger partial charge in [0.05, 0.1) is 10.6 Å². The highest BCUT2D eigenvalue weighted by molar-refractivity contribution is 7.92. The molecule has 4 heterocycles. The topological polar surface area (TPSA) is 91.7 Å². The smallest absolute Gasteiger partial charge is 0.287 e. The Morgan fingerprint density at radius 1 is 0.938 bits per heavy atom. The standard InChI is InChI=1S/C24H25N3O4S/c28-24(25-21-16-27-14-12-17(21)13-15-27)23-11-10-22(31-23)19-8-4-5-9-20(19)26-32(29,30)18-6-2-1-3-7-18/h1-11,17,21,26H,12-16H2,(H,25,28)/t21-/m0/s1. The van der Waals surface area contributed by atoms with Crippen molar-refractivity contribution in [3.8, 4) is 11.3 Å². The van der Waals surface area contributed by atoms with E-state index in [4.69, 9.17) is 4.42 Å². The van der Waals surface area contributed by atoms with Gasteiger partial charge in [-0.15, -0.1) is 0 Å². The fourth-order valence-electron chi connectivity index (χ4n) is 4.56. The number of nitrogens with zero attached hydrogens (tertiary/aromatic N) is 1. The lowest BCUT2D eigenvalue weighted by atomic mass is 9.84. The number of sulfonamides is 1. The van der Waals surface area contributed by atoms with Crippen molar-refractivity contribution in [1.82, 2.24) is 10.2 Å². The van der Waals surface area contributed by atoms with Gasteiger partial charge in [-0.25, -0.2) is 8.42 Å². The van der Waals surface area contributed by atoms with Crippen molar-refractivity contribution in [2.24, 2.45) is 5.92 Å². The third-order valence-corrected chi connectivity index (χ3v) is 7.67. The number of carbonyl (C=O) groups excluding carboxylic acids is 1. The summed E-state index contributed by atoms with van der Waals surface area (Å²) in [5.74, 6) is 0.927. The van der Waals surface area contributed by atoms with Gasteiger partial charge in [0.2, 0.25) is 0 Å². The molecule has 0 aliphatic carbocycles. The fourth-order valence-corrected chi connectivity index (χ4v) is 5.66. The second-order valence-electron chi connectivity index (χ2n) is 8.35. The van der Waals surface area contributed by atoms with Crippen LogP contribution in [0.5, 0.6) is 0 Å². The van der Waals surface area contributed by atoms with Crippen molar-refractivity contribution in [3.63, 3.8) is 0 Å². The maximum Gasteiger partial charge on any atom is 0.287 e. The van der Waals surface area contributed by atoms with Crippen molar-refractivity contribution >= 4 is 21.6 Å². The molecular formula is C24H25N3O4S. The summed E-state index contributed by atoms with van der Waals surface area (Å²) >= 11 is 0. The molecule has 3 aliphatic rings. The van der Waals surface area contributed by atoms with Gasteiger partial charge < -0.3 is 14.6 Å². The Bertz CT molecular complexity index is 1210. The van der Waals surface area contributed by atoms with Gasteiger partial charge in [-0.05, 0) is 68.2 Å². The highest BCUT2D eigenvalue weighted by atomic mass is 32.2. The molecule has 0 unspecified atom stereocenters. The Morgan fingerprint density at radius 3 is 2.38 bits per heavy atom. The van der Waals surface area contributed by atoms with Crippen LogP contribution in [0.25, 0.3) is 11.3 Å². The summed E-state index contributed by atoms with van der Waals surface area (Å²) in [7, 11) is -3.75. The predicted molar refractivity (Wildman–Crippen MR) is 122 cm³/mol. The summed E-state index contributed by atoms with van der Waals surface area (Å²) in [4.78, 5) is 15.4. The number of piperidine rings is 3. The molecule has 1 amide bonds. The summed E-state index contributed by atoms with van der Waals surface area (Å²) in [6.07, 6.45) is 2.23. The molecule has 2 aromatic carbocycles. The summed E-state index contributed by atoms with van der Waals surface area (Å²) < 4.78 is 34.0. The van der Waals surface area contributed by atoms with E-state index >= 15 is 0 Å². The van der Waals surface area contributed by atoms with Crippen LogP contribution in [-0.2, 0) is 10.0 Å². The predicted octanol–water partition coefficient (Wildman–Crippen LogP) is 3.57. The van der Waals surface area contributed by atoms with E-state index in [-0.39, 0.29) is 22.6 Å². The van der Waals surface area contributed by atoms with Crippen molar-refractivity contribution < 1.29 is 17.6 Å². The first-order valence-corrected chi connectivity index (χ1v) is 12.3. The molecule has 0 radical (unpaired) electrons. The number of carbonyl (C=O) groups is 1. The zero-order chi connectivity index (χ0) is 22.1. The third kappa shape index (κ3) is 4.16. The maximum atomic E-state index is 12.8. The van der Waals surface area contributed by atoms with Crippen LogP contribution in [0, 0.1) is 5.92 Å². The number of para-hydroxylation sites is 1. The lowest BCUT2D eigenvalue weighted by Gasteiger charge is -2.44. The van der Waals surface area contributed by atoms with Crippen LogP contribution in [0.15, 0.2) is 76.0 Å². The zero-order valence-electron chi connectivity index (χ0n) is 17.5. The minimum Gasteiger partial charge on any atom is -0.451 e. The number of hydrogen-bond donors (Lipinski definition) is 2. The van der Waals surface area contributed by atoms with Crippen LogP contribution in [0.4, 0.5) is 5.69 Å². The molecule has 3 aromatic rings. The molecule has 8 heteroatoms. The van der Waals surface area contributed by atoms with Crippen molar-refractivity contribution in [3.05, 3.63) is 72.5 Å². The molecule has 7 nitrogen and oxygen atoms in total. The van der Waals surface area contributed by atoms with Crippen LogP contribution >= 0.6 is 0 Å². The zero-order valence-corrected chi connectivity index (χ0v) is 18.3. The quantitative estimate of drug-likeness (QED) is 0.598. The fraction of sp³-hybridized carbons (Fsp3) is 0.292. The van der Waals surface area contributed by atoms with Crippen LogP contribution in [-0.4, -0.2) is 44.9 Å². The number of furan rings is 1. The Hall–Kier alpha value is -3.10. The van der Waals surface area contributed by atoms with Gasteiger partial charge in [0, 0.05) is 18.2 Å². The number of nitrogens with one attached hydrogen (secondary N) is 2. The van der Waals surface area contributed by atoms with E-state index in [1.807, 2.05) is 0 Å². The van der Waals surface area contributed by atoms with Gasteiger partial charge in [0.15, 0.2) is 5.76 Å². The van der Waals surface area contributed by atoms with Gasteiger partial charge in [-0.2, -0.15) is 0 Å². The molecule has 1 aromatic heterocycles. The highest BCUT2D eigenvalue weighted by Crippen LogP contribution is 2.32. The van der Waals surface area contributed by atoms with Crippen LogP contribution < -0.4 is 10.0 Å². The maximum absolute atomic E-state index is 12.8. The number of rotatable bonds is 6. The molecular weight excluding hydrogens is 426 g/mol. The minimum absolute atomic E-state index is 0.142. The molecule has 2 bridgehead atoms. The molecule has 0 spiro atoms. The molecule has 2 N–H and O–H groups in total. The Balaban J connectivity index is 1.35. The Kier molecular flexibility index (Phi) is 5.48. The van der Waals surface area contributed by atoms with Crippen LogP contribution in [0.3, 0.4) is 0 Å². The number of benzene rings is 2. The molecule has 1 atom stereocenters. The van der Waals surface area contributed by atoms with E-state index in [2.05, 4.69) is 14.9 Å². The van der Waals surface area contributed by atoms with E-state index in [0.29, 0.717) is 22.9 Å². The molecule has 3 saturated heterocycles. The van der Waals surface area contributed by atoms with E-state index in [9.17, 15) is 13.2 Å². The number of fused-ring (bicyclic) bond motifs is 3. The highest BCUT2D eigenvalue weighted by Gasteiger charge is 2.35. The van der Waals surface area contributed by atoms with E-state index in [1.165, 1.54) is 12.1 Å². The molecule has 166 valence electrons. The van der Waals surface area contributed by atoms with Crippen molar-refractivity contribution in [1.29, 1.82) is 0 Å². The molecule has 3 aliphatic heterocycles. The van der Waals surface area contributed by atoms with Gasteiger partial charge >= 0.3 is 0 Å². The third-order valence-electron chi connectivity index (χ3n) is 6.29. The molecule has 32 heavy (non-hydrogen) atoms. The Morgan fingerprint density at radius 2 is 1.66 bits per heavy atom. The summed E-state index contributed by atoms with van der Waals surface area (Å²) in [6, 6.07) is 18.6. The number of amides is 1. The van der Waals surface area contributed by atoms with Gasteiger partial charge in [0.1, 0.15) is 5.76 Å². The Labute approximate surface area is 187 Å². The SMILES string of the molecule is O=C(N[C@H]1CN2CCC1CC2)c1ccc(-c2ccccc2NS(=O)(=O)c2ccccc2)o1. The summed E-state index contributed by atoms with van der Waals surface area (Å²) in [5.41, 5.74) is 0.948. The van der Waals surface area contributed by atoms with Crippen molar-refractivity contribution in [2.45, 2.75) is 23.8 Å². The van der Waals surface area contributed by atoms with Crippen LogP contribution in [0.2, 0.25) is 0 Å². The van der Waals surface area contributed by atoms with Crippen LogP contribution in [0.1, 0.15) is 23.4 Å². The minimum atomic E-state index is -3.75. The van der Waals surface area contributed by atoms with E-state index in [0.717, 1.165) is 32.5 Å². The monoisotopic (exact) mass is 451 g/mol. The second-order valence-corrected chi connectivity index (χ2v) is 10.0. The lowest BCUT2D eigenvalue weighted by molar-refractivity contribution is 0.0606. The molecule has 3 fully saturated rings. The first-order valence-electron chi connectivity index (χ1n) is 10.8. The largest absolute Gasteiger partial charge is 0.451 e. The summed E-state index contributed by atoms with van der Waals surface area (Å²) in [6.45, 7) is 3.10. The average Bonchev–Trinajstić information content (AvgIpc) is 3.31. The molecule has 6 rings (SSSR count). The van der Waals surface area contributed by atoms with Gasteiger partial charge in [-0.1, -0.05) is 30.3 Å². The number of hydrogen-bond acceptors (Lipinski definition) is 5. The number of anilines is 1. The lowest BCUT2D eigenvalue weighted by Crippen LogP contribution is -2.57. The van der Waals surface area contributed by atoms with Gasteiger partial charge in [0.25, 0.3) is 15.9 Å². The normalized spacial score (nSPS) is 22.4. The molecule has 0 saturated carbocycles. The second kappa shape index (κ2) is 8.44. The van der Waals surface area contributed by atoms with Crippen molar-refractivity contribution in [2.75, 3.05) is 24.4 Å². The summed E-state index contributed by atoms with van der Waals surface area (Å²) in [5, 5.41) is 3.12. The van der Waals surface area contributed by atoms with Gasteiger partial charge in [-0.3, -0.25) is 9.52 Å². The first kappa shape index (κ1) is 20.8. The van der Waals surface area contributed by atoms with E-state index in [1.54, 1.807) is 54.6 Å². The van der Waals surface area contributed by atoms with E-state index < -0.39 is 10.0 Å². The first-order chi connectivity index (χ1) is 15.5. The average molecular weight is 452 g/mol.